The third-order valence-electron chi connectivity index (χ3n) is 7.05. The van der Waals surface area contributed by atoms with Gasteiger partial charge in [0, 0.05) is 38.5 Å². The number of pyridine rings is 1. The Morgan fingerprint density at radius 3 is 2.59 bits per heavy atom. The Kier molecular flexibility index (Phi) is 7.67. The van der Waals surface area contributed by atoms with Crippen LogP contribution in [0.1, 0.15) is 52.8 Å². The van der Waals surface area contributed by atoms with E-state index in [1.807, 2.05) is 17.0 Å². The molecule has 1 saturated heterocycles. The summed E-state index contributed by atoms with van der Waals surface area (Å²) in [6.07, 6.45) is 5.69. The highest BCUT2D eigenvalue weighted by Crippen LogP contribution is 2.37. The van der Waals surface area contributed by atoms with E-state index in [0.29, 0.717) is 48.9 Å². The average molecular weight is 468 g/mol. The third-order valence-corrected chi connectivity index (χ3v) is 7.05. The zero-order valence-electron chi connectivity index (χ0n) is 19.7. The van der Waals surface area contributed by atoms with Crippen molar-refractivity contribution in [1.29, 1.82) is 0 Å². The first kappa shape index (κ1) is 24.0. The summed E-state index contributed by atoms with van der Waals surface area (Å²) in [5.74, 6) is 0.823. The molecule has 4 heterocycles. The molecule has 0 unspecified atom stereocenters. The molecular weight excluding hydrogens is 434 g/mol. The largest absolute Gasteiger partial charge is 0.491 e. The molecule has 182 valence electrons. The molecule has 2 bridgehead atoms. The summed E-state index contributed by atoms with van der Waals surface area (Å²) in [7, 11) is 1.54. The van der Waals surface area contributed by atoms with Gasteiger partial charge in [-0.1, -0.05) is 18.6 Å². The van der Waals surface area contributed by atoms with E-state index in [1.165, 1.54) is 13.3 Å². The van der Waals surface area contributed by atoms with Crippen molar-refractivity contribution in [2.45, 2.75) is 32.1 Å². The van der Waals surface area contributed by atoms with Gasteiger partial charge < -0.3 is 24.4 Å². The lowest BCUT2D eigenvalue weighted by atomic mass is 9.75. The summed E-state index contributed by atoms with van der Waals surface area (Å²) in [5.41, 5.74) is 0.862. The number of hydrogen-bond donors (Lipinski definition) is 1. The maximum Gasteiger partial charge on any atom is 0.257 e. The fraction of sp³-hybridized carbons (Fsp3) is 0.500. The van der Waals surface area contributed by atoms with Gasteiger partial charge in [0.1, 0.15) is 12.4 Å². The van der Waals surface area contributed by atoms with Gasteiger partial charge in [0.15, 0.2) is 0 Å². The zero-order chi connectivity index (χ0) is 24.0. The number of rotatable bonds is 3. The maximum absolute atomic E-state index is 13.2. The fourth-order valence-electron chi connectivity index (χ4n) is 4.80. The molecule has 5 rings (SSSR count). The van der Waals surface area contributed by atoms with Crippen molar-refractivity contribution in [3.05, 3.63) is 53.7 Å². The Hall–Kier alpha value is -3.13. The van der Waals surface area contributed by atoms with Crippen molar-refractivity contribution in [3.8, 4) is 11.6 Å². The molecule has 0 atom stereocenters. The number of carbonyl (C=O) groups excluding carboxylic acids is 2. The molecule has 2 amide bonds. The van der Waals surface area contributed by atoms with Crippen LogP contribution in [0.5, 0.6) is 11.6 Å². The number of aliphatic hydroxyl groups is 1. The van der Waals surface area contributed by atoms with Gasteiger partial charge in [-0.3, -0.25) is 9.59 Å². The van der Waals surface area contributed by atoms with Crippen LogP contribution in [0.3, 0.4) is 0 Å². The monoisotopic (exact) mass is 467 g/mol. The van der Waals surface area contributed by atoms with Gasteiger partial charge in [-0.2, -0.15) is 0 Å². The van der Waals surface area contributed by atoms with Crippen LogP contribution in [0.4, 0.5) is 0 Å². The second kappa shape index (κ2) is 10.9. The molecule has 0 radical (unpaired) electrons. The number of methoxy groups -OCH3 is 1. The molecule has 1 aromatic heterocycles. The molecule has 1 N–H and O–H groups in total. The highest BCUT2D eigenvalue weighted by atomic mass is 16.5. The third kappa shape index (κ3) is 5.33. The van der Waals surface area contributed by atoms with Crippen molar-refractivity contribution >= 4 is 11.8 Å². The van der Waals surface area contributed by atoms with Crippen LogP contribution in [0.2, 0.25) is 0 Å². The lowest BCUT2D eigenvalue weighted by molar-refractivity contribution is 0.0297. The van der Waals surface area contributed by atoms with Crippen LogP contribution in [0.15, 0.2) is 42.6 Å². The van der Waals surface area contributed by atoms with Crippen LogP contribution in [0.25, 0.3) is 0 Å². The van der Waals surface area contributed by atoms with Gasteiger partial charge in [-0.25, -0.2) is 4.98 Å². The number of aliphatic hydroxyl groups excluding tert-OH is 1. The number of benzene rings is 1. The number of carbonyl (C=O) groups is 2. The van der Waals surface area contributed by atoms with Crippen molar-refractivity contribution in [2.75, 3.05) is 46.5 Å². The van der Waals surface area contributed by atoms with Crippen molar-refractivity contribution < 1.29 is 24.2 Å². The molecule has 8 nitrogen and oxygen atoms in total. The van der Waals surface area contributed by atoms with Gasteiger partial charge >= 0.3 is 0 Å². The quantitative estimate of drug-likeness (QED) is 0.746. The van der Waals surface area contributed by atoms with Crippen LogP contribution < -0.4 is 9.47 Å². The van der Waals surface area contributed by atoms with Gasteiger partial charge in [0.25, 0.3) is 11.8 Å². The van der Waals surface area contributed by atoms with E-state index in [1.54, 1.807) is 29.2 Å². The highest BCUT2D eigenvalue weighted by Gasteiger charge is 2.36. The Morgan fingerprint density at radius 2 is 1.88 bits per heavy atom. The number of ether oxygens (including phenoxy) is 2. The molecule has 2 aromatic rings. The van der Waals surface area contributed by atoms with E-state index in [4.69, 9.17) is 9.47 Å². The lowest BCUT2D eigenvalue weighted by Gasteiger charge is -2.41. The standard InChI is InChI=1S/C26H33N3O5/c1-33-23-9-8-20(18-27-23)24(31)28-13-5-4-10-26(19-30)11-14-29(15-12-26)25(32)21-6-2-3-7-22(21)34-17-16-28/h2-3,6-9,18,30H,4-5,10-17,19H2,1H3. The van der Waals surface area contributed by atoms with E-state index in [9.17, 15) is 14.7 Å². The van der Waals surface area contributed by atoms with Crippen LogP contribution in [-0.4, -0.2) is 78.2 Å². The molecule has 1 aromatic carbocycles. The summed E-state index contributed by atoms with van der Waals surface area (Å²) >= 11 is 0. The van der Waals surface area contributed by atoms with Crippen molar-refractivity contribution in [2.24, 2.45) is 5.41 Å². The second-order valence-corrected chi connectivity index (χ2v) is 9.13. The molecule has 0 aliphatic carbocycles. The predicted octanol–water partition coefficient (Wildman–Crippen LogP) is 3.01. The average Bonchev–Trinajstić information content (AvgIpc) is 2.90. The summed E-state index contributed by atoms with van der Waals surface area (Å²) in [5, 5.41) is 10.2. The molecular formula is C26H33N3O5. The maximum atomic E-state index is 13.2. The molecule has 3 aliphatic heterocycles. The predicted molar refractivity (Wildman–Crippen MR) is 127 cm³/mol. The SMILES string of the molecule is COc1ccc(C(=O)N2CCCCC3(CO)CCN(CC3)C(=O)c3ccccc3OCC2)cn1. The number of amides is 2. The van der Waals surface area contributed by atoms with Crippen LogP contribution in [0, 0.1) is 5.41 Å². The number of aromatic nitrogens is 1. The van der Waals surface area contributed by atoms with Crippen molar-refractivity contribution in [1.82, 2.24) is 14.8 Å². The Morgan fingerprint density at radius 1 is 1.09 bits per heavy atom. The molecule has 34 heavy (non-hydrogen) atoms. The normalized spacial score (nSPS) is 18.9. The summed E-state index contributed by atoms with van der Waals surface area (Å²) < 4.78 is 11.1. The molecule has 1 fully saturated rings. The summed E-state index contributed by atoms with van der Waals surface area (Å²) in [4.78, 5) is 34.3. The first-order chi connectivity index (χ1) is 16.5. The van der Waals surface area contributed by atoms with Gasteiger partial charge in [-0.15, -0.1) is 0 Å². The minimum absolute atomic E-state index is 0.0470. The van der Waals surface area contributed by atoms with E-state index in [0.717, 1.165) is 32.1 Å². The van der Waals surface area contributed by atoms with Crippen LogP contribution in [-0.2, 0) is 0 Å². The molecule has 0 saturated carbocycles. The van der Waals surface area contributed by atoms with E-state index in [-0.39, 0.29) is 30.4 Å². The van der Waals surface area contributed by atoms with Crippen molar-refractivity contribution in [3.63, 3.8) is 0 Å². The molecule has 8 heteroatoms. The topological polar surface area (TPSA) is 92.2 Å². The lowest BCUT2D eigenvalue weighted by Crippen LogP contribution is -2.44. The second-order valence-electron chi connectivity index (χ2n) is 9.13. The first-order valence-electron chi connectivity index (χ1n) is 12.0. The molecule has 0 spiro atoms. The number of nitrogens with zero attached hydrogens (tertiary/aromatic N) is 3. The number of piperidine rings is 1. The minimum atomic E-state index is -0.165. The van der Waals surface area contributed by atoms with E-state index >= 15 is 0 Å². The Bertz CT molecular complexity index is 986. The number of hydrogen-bond acceptors (Lipinski definition) is 6. The zero-order valence-corrected chi connectivity index (χ0v) is 19.7. The molecule has 3 aliphatic rings. The van der Waals surface area contributed by atoms with Gasteiger partial charge in [0.05, 0.1) is 24.8 Å². The minimum Gasteiger partial charge on any atom is -0.491 e. The van der Waals surface area contributed by atoms with Gasteiger partial charge in [0.2, 0.25) is 5.88 Å². The van der Waals surface area contributed by atoms with Crippen LogP contribution >= 0.6 is 0 Å². The smallest absolute Gasteiger partial charge is 0.257 e. The van der Waals surface area contributed by atoms with E-state index < -0.39 is 0 Å². The van der Waals surface area contributed by atoms with Gasteiger partial charge in [-0.05, 0) is 49.3 Å². The first-order valence-corrected chi connectivity index (χ1v) is 12.0. The summed E-state index contributed by atoms with van der Waals surface area (Å²) in [6, 6.07) is 10.7. The highest BCUT2D eigenvalue weighted by molar-refractivity contribution is 5.97. The fourth-order valence-corrected chi connectivity index (χ4v) is 4.80. The van der Waals surface area contributed by atoms with E-state index in [2.05, 4.69) is 4.98 Å². The number of para-hydroxylation sites is 1. The summed E-state index contributed by atoms with van der Waals surface area (Å²) in [6.45, 7) is 2.63. The Balaban J connectivity index is 1.56. The number of fused-ring (bicyclic) bond motifs is 9. The Labute approximate surface area is 200 Å².